The molecule has 0 radical (unpaired) electrons. The Morgan fingerprint density at radius 3 is 2.89 bits per heavy atom. The molecule has 3 rings (SSSR count). The lowest BCUT2D eigenvalue weighted by Gasteiger charge is -2.29. The molecule has 1 amide bonds. The number of esters is 1. The van der Waals surface area contributed by atoms with Gasteiger partial charge in [0.1, 0.15) is 0 Å². The molecule has 0 saturated heterocycles. The number of hydrogen-bond acceptors (Lipinski definition) is 7. The van der Waals surface area contributed by atoms with Crippen LogP contribution in [0.1, 0.15) is 39.5 Å². The van der Waals surface area contributed by atoms with E-state index in [1.165, 1.54) is 18.2 Å². The minimum absolute atomic E-state index is 0.0589. The number of amides is 1. The highest BCUT2D eigenvalue weighted by Crippen LogP contribution is 2.25. The molecule has 0 aromatic carbocycles. The molecule has 1 aliphatic carbocycles. The third-order valence-electron chi connectivity index (χ3n) is 4.92. The molecular weight excluding hydrogens is 380 g/mol. The van der Waals surface area contributed by atoms with Gasteiger partial charge < -0.3 is 14.5 Å². The number of carbonyl (C=O) groups excluding carboxylic acids is 2. The van der Waals surface area contributed by atoms with Gasteiger partial charge in [0.15, 0.2) is 23.3 Å². The first-order valence-corrected chi connectivity index (χ1v) is 10.6. The number of nitrogens with zero attached hydrogens (tertiary/aromatic N) is 3. The van der Waals surface area contributed by atoms with Gasteiger partial charge >= 0.3 is 5.97 Å². The second-order valence-corrected chi connectivity index (χ2v) is 7.86. The Morgan fingerprint density at radius 1 is 1.36 bits per heavy atom. The first kappa shape index (κ1) is 20.4. The molecule has 1 fully saturated rings. The van der Waals surface area contributed by atoms with Gasteiger partial charge in [-0.25, -0.2) is 0 Å². The SMILES string of the molecule is CCn1c(SCC(=O)OCC(=O)N[C@H]2CCCC[C@@H]2C)nnc1-c1ccco1. The number of furan rings is 1. The lowest BCUT2D eigenvalue weighted by atomic mass is 9.86. The van der Waals surface area contributed by atoms with Crippen LogP contribution in [0.2, 0.25) is 0 Å². The molecule has 2 aromatic heterocycles. The van der Waals surface area contributed by atoms with Crippen molar-refractivity contribution in [3.8, 4) is 11.6 Å². The maximum atomic E-state index is 12.0. The zero-order valence-electron chi connectivity index (χ0n) is 16.2. The van der Waals surface area contributed by atoms with Gasteiger partial charge in [0.25, 0.3) is 5.91 Å². The highest BCUT2D eigenvalue weighted by atomic mass is 32.2. The normalized spacial score (nSPS) is 19.4. The van der Waals surface area contributed by atoms with Crippen LogP contribution in [0.4, 0.5) is 0 Å². The van der Waals surface area contributed by atoms with Crippen molar-refractivity contribution in [2.24, 2.45) is 5.92 Å². The average Bonchev–Trinajstić information content (AvgIpc) is 3.35. The van der Waals surface area contributed by atoms with E-state index >= 15 is 0 Å². The number of nitrogens with one attached hydrogen (secondary N) is 1. The second kappa shape index (κ2) is 9.77. The first-order valence-electron chi connectivity index (χ1n) is 9.63. The summed E-state index contributed by atoms with van der Waals surface area (Å²) in [6.45, 7) is 4.51. The fourth-order valence-corrected chi connectivity index (χ4v) is 4.16. The van der Waals surface area contributed by atoms with Gasteiger partial charge in [-0.1, -0.05) is 31.5 Å². The van der Waals surface area contributed by atoms with E-state index in [0.29, 0.717) is 29.2 Å². The zero-order chi connectivity index (χ0) is 19.9. The number of rotatable bonds is 8. The van der Waals surface area contributed by atoms with E-state index in [-0.39, 0.29) is 24.3 Å². The minimum atomic E-state index is -0.456. The first-order chi connectivity index (χ1) is 13.6. The molecular formula is C19H26N4O4S. The highest BCUT2D eigenvalue weighted by Gasteiger charge is 2.23. The van der Waals surface area contributed by atoms with Crippen molar-refractivity contribution < 1.29 is 18.7 Å². The van der Waals surface area contributed by atoms with E-state index in [1.54, 1.807) is 12.3 Å². The average molecular weight is 407 g/mol. The van der Waals surface area contributed by atoms with Crippen LogP contribution < -0.4 is 5.32 Å². The Balaban J connectivity index is 1.45. The van der Waals surface area contributed by atoms with E-state index < -0.39 is 5.97 Å². The van der Waals surface area contributed by atoms with E-state index in [4.69, 9.17) is 9.15 Å². The zero-order valence-corrected chi connectivity index (χ0v) is 17.0. The van der Waals surface area contributed by atoms with Crippen LogP contribution in [0.5, 0.6) is 0 Å². The lowest BCUT2D eigenvalue weighted by molar-refractivity contribution is -0.146. The quantitative estimate of drug-likeness (QED) is 0.531. The predicted molar refractivity (Wildman–Crippen MR) is 105 cm³/mol. The van der Waals surface area contributed by atoms with Crippen molar-refractivity contribution in [2.75, 3.05) is 12.4 Å². The van der Waals surface area contributed by atoms with Crippen LogP contribution in [0.25, 0.3) is 11.6 Å². The summed E-state index contributed by atoms with van der Waals surface area (Å²) in [6, 6.07) is 3.77. The van der Waals surface area contributed by atoms with Crippen LogP contribution in [-0.4, -0.2) is 45.0 Å². The Labute approximate surface area is 168 Å². The van der Waals surface area contributed by atoms with Gasteiger partial charge in [0, 0.05) is 12.6 Å². The molecule has 1 aliphatic rings. The highest BCUT2D eigenvalue weighted by molar-refractivity contribution is 7.99. The Hall–Kier alpha value is -2.29. The van der Waals surface area contributed by atoms with Gasteiger partial charge in [-0.3, -0.25) is 14.2 Å². The molecule has 0 unspecified atom stereocenters. The molecule has 152 valence electrons. The van der Waals surface area contributed by atoms with Crippen molar-refractivity contribution >= 4 is 23.6 Å². The Bertz CT molecular complexity index is 790. The summed E-state index contributed by atoms with van der Waals surface area (Å²) in [6.07, 6.45) is 6.03. The summed E-state index contributed by atoms with van der Waals surface area (Å²) < 4.78 is 12.3. The van der Waals surface area contributed by atoms with Crippen molar-refractivity contribution in [1.29, 1.82) is 0 Å². The summed E-state index contributed by atoms with van der Waals surface area (Å²) in [4.78, 5) is 24.1. The van der Waals surface area contributed by atoms with Crippen LogP contribution in [-0.2, 0) is 20.9 Å². The van der Waals surface area contributed by atoms with E-state index in [0.717, 1.165) is 19.3 Å². The second-order valence-electron chi connectivity index (χ2n) is 6.91. The fourth-order valence-electron chi connectivity index (χ4n) is 3.36. The molecule has 8 nitrogen and oxygen atoms in total. The van der Waals surface area contributed by atoms with E-state index in [1.807, 2.05) is 17.6 Å². The molecule has 2 aromatic rings. The van der Waals surface area contributed by atoms with Crippen LogP contribution >= 0.6 is 11.8 Å². The Morgan fingerprint density at radius 2 is 2.18 bits per heavy atom. The lowest BCUT2D eigenvalue weighted by Crippen LogP contribution is -2.43. The van der Waals surface area contributed by atoms with Crippen molar-refractivity contribution in [1.82, 2.24) is 20.1 Å². The molecule has 0 spiro atoms. The molecule has 2 heterocycles. The van der Waals surface area contributed by atoms with Gasteiger partial charge in [-0.15, -0.1) is 10.2 Å². The largest absolute Gasteiger partial charge is 0.461 e. The molecule has 9 heteroatoms. The van der Waals surface area contributed by atoms with Crippen LogP contribution in [0.15, 0.2) is 28.0 Å². The summed E-state index contributed by atoms with van der Waals surface area (Å²) >= 11 is 1.23. The van der Waals surface area contributed by atoms with Gasteiger partial charge in [-0.2, -0.15) is 0 Å². The van der Waals surface area contributed by atoms with Crippen LogP contribution in [0, 0.1) is 5.92 Å². The van der Waals surface area contributed by atoms with Gasteiger partial charge in [0.05, 0.1) is 12.0 Å². The molecule has 1 N–H and O–H groups in total. The summed E-state index contributed by atoms with van der Waals surface area (Å²) in [5.41, 5.74) is 0. The topological polar surface area (TPSA) is 99.2 Å². The van der Waals surface area contributed by atoms with Gasteiger partial charge in [0.2, 0.25) is 0 Å². The third kappa shape index (κ3) is 5.15. The molecule has 2 atom stereocenters. The van der Waals surface area contributed by atoms with Crippen molar-refractivity contribution in [2.45, 2.75) is 57.3 Å². The van der Waals surface area contributed by atoms with Crippen molar-refractivity contribution in [3.63, 3.8) is 0 Å². The van der Waals surface area contributed by atoms with Gasteiger partial charge in [-0.05, 0) is 37.8 Å². The third-order valence-corrected chi connectivity index (χ3v) is 5.86. The number of carbonyl (C=O) groups is 2. The maximum absolute atomic E-state index is 12.0. The fraction of sp³-hybridized carbons (Fsp3) is 0.579. The van der Waals surface area contributed by atoms with Crippen LogP contribution in [0.3, 0.4) is 0 Å². The number of thioether (sulfide) groups is 1. The predicted octanol–water partition coefficient (Wildman–Crippen LogP) is 2.89. The standard InChI is InChI=1S/C19H26N4O4S/c1-3-23-18(15-9-6-10-26-15)21-22-19(23)28-12-17(25)27-11-16(24)20-14-8-5-4-7-13(14)2/h6,9-10,13-14H,3-5,7-8,11-12H2,1-2H3,(H,20,24)/t13-,14-/m0/s1. The summed E-state index contributed by atoms with van der Waals surface area (Å²) in [7, 11) is 0. The number of hydrogen-bond donors (Lipinski definition) is 1. The minimum Gasteiger partial charge on any atom is -0.461 e. The monoisotopic (exact) mass is 406 g/mol. The number of aromatic nitrogens is 3. The van der Waals surface area contributed by atoms with Crippen molar-refractivity contribution in [3.05, 3.63) is 18.4 Å². The number of ether oxygens (including phenoxy) is 1. The van der Waals surface area contributed by atoms with E-state index in [9.17, 15) is 9.59 Å². The molecule has 1 saturated carbocycles. The molecule has 28 heavy (non-hydrogen) atoms. The smallest absolute Gasteiger partial charge is 0.316 e. The maximum Gasteiger partial charge on any atom is 0.316 e. The summed E-state index contributed by atoms with van der Waals surface area (Å²) in [5.74, 6) is 1.06. The molecule has 0 aliphatic heterocycles. The summed E-state index contributed by atoms with van der Waals surface area (Å²) in [5, 5.41) is 11.8. The van der Waals surface area contributed by atoms with E-state index in [2.05, 4.69) is 22.4 Å². The Kier molecular flexibility index (Phi) is 7.13. The molecule has 0 bridgehead atoms.